The molecule has 0 radical (unpaired) electrons. The van der Waals surface area contributed by atoms with Gasteiger partial charge in [0.25, 0.3) is 0 Å². The molecule has 176 valence electrons. The van der Waals surface area contributed by atoms with Crippen molar-refractivity contribution >= 4 is 23.0 Å². The monoisotopic (exact) mass is 463 g/mol. The molecule has 5 rings (SSSR count). The second-order valence-electron chi connectivity index (χ2n) is 8.63. The number of cyclic esters (lactones) is 1. The number of esters is 1. The number of pyridine rings is 1. The minimum Gasteiger partial charge on any atom is -0.426 e. The van der Waals surface area contributed by atoms with Gasteiger partial charge >= 0.3 is 5.97 Å². The summed E-state index contributed by atoms with van der Waals surface area (Å²) in [5, 5.41) is 0. The molecule has 0 fully saturated rings. The third-order valence-electron chi connectivity index (χ3n) is 6.69. The highest BCUT2D eigenvalue weighted by atomic mass is 16.6. The van der Waals surface area contributed by atoms with E-state index >= 15 is 0 Å². The standard InChI is InChI=1S/C30H29N3O2/c1-4-32(5-2)25-16-17-27(22(3)20-25)30(28-21-31-19-18-26(28)29(34)35-30)33(23-12-8-6-9-13-23)24-14-10-7-11-15-24/h6-21H,4-5H2,1-3H3. The molecule has 0 aliphatic carbocycles. The summed E-state index contributed by atoms with van der Waals surface area (Å²) in [6, 6.07) is 28.2. The Balaban J connectivity index is 1.83. The predicted octanol–water partition coefficient (Wildman–Crippen LogP) is 6.45. The van der Waals surface area contributed by atoms with Gasteiger partial charge in [-0.1, -0.05) is 42.5 Å². The van der Waals surface area contributed by atoms with Crippen molar-refractivity contribution in [1.29, 1.82) is 0 Å². The molecule has 1 unspecified atom stereocenters. The second-order valence-corrected chi connectivity index (χ2v) is 8.63. The van der Waals surface area contributed by atoms with Gasteiger partial charge in [0.2, 0.25) is 5.72 Å². The van der Waals surface area contributed by atoms with Crippen LogP contribution in [-0.2, 0) is 10.5 Å². The van der Waals surface area contributed by atoms with Crippen molar-refractivity contribution in [2.24, 2.45) is 0 Å². The lowest BCUT2D eigenvalue weighted by Crippen LogP contribution is -2.45. The van der Waals surface area contributed by atoms with E-state index in [1.807, 2.05) is 60.7 Å². The van der Waals surface area contributed by atoms with Crippen molar-refractivity contribution in [1.82, 2.24) is 4.98 Å². The quantitative estimate of drug-likeness (QED) is 0.295. The lowest BCUT2D eigenvalue weighted by atomic mass is 9.88. The Morgan fingerprint density at radius 2 is 1.43 bits per heavy atom. The topological polar surface area (TPSA) is 45.7 Å². The van der Waals surface area contributed by atoms with Gasteiger partial charge in [-0.15, -0.1) is 0 Å². The summed E-state index contributed by atoms with van der Waals surface area (Å²) in [6.45, 7) is 8.23. The molecule has 0 bridgehead atoms. The van der Waals surface area contributed by atoms with Crippen LogP contribution in [0.3, 0.4) is 0 Å². The van der Waals surface area contributed by atoms with Gasteiger partial charge in [0, 0.05) is 48.1 Å². The number of hydrogen-bond donors (Lipinski definition) is 0. The first-order chi connectivity index (χ1) is 17.1. The van der Waals surface area contributed by atoms with Crippen molar-refractivity contribution in [2.45, 2.75) is 26.5 Å². The number of rotatable bonds is 7. The highest BCUT2D eigenvalue weighted by Gasteiger charge is 2.53. The van der Waals surface area contributed by atoms with E-state index in [4.69, 9.17) is 4.74 Å². The van der Waals surface area contributed by atoms with E-state index < -0.39 is 5.72 Å². The zero-order valence-corrected chi connectivity index (χ0v) is 20.3. The summed E-state index contributed by atoms with van der Waals surface area (Å²) < 4.78 is 6.44. The molecule has 0 saturated heterocycles. The number of aromatic nitrogens is 1. The number of para-hydroxylation sites is 2. The fraction of sp³-hybridized carbons (Fsp3) is 0.200. The molecule has 0 saturated carbocycles. The van der Waals surface area contributed by atoms with E-state index in [0.29, 0.717) is 5.56 Å². The molecule has 1 atom stereocenters. The van der Waals surface area contributed by atoms with Crippen LogP contribution in [0, 0.1) is 6.92 Å². The Hall–Kier alpha value is -4.12. The van der Waals surface area contributed by atoms with Crippen LogP contribution >= 0.6 is 0 Å². The zero-order valence-electron chi connectivity index (χ0n) is 20.3. The van der Waals surface area contributed by atoms with Crippen LogP contribution in [0.5, 0.6) is 0 Å². The smallest absolute Gasteiger partial charge is 0.341 e. The summed E-state index contributed by atoms with van der Waals surface area (Å²) in [5.41, 5.74) is 4.96. The maximum absolute atomic E-state index is 13.3. The van der Waals surface area contributed by atoms with Gasteiger partial charge in [0.05, 0.1) is 11.1 Å². The highest BCUT2D eigenvalue weighted by Crippen LogP contribution is 2.50. The van der Waals surface area contributed by atoms with Crippen LogP contribution in [0.4, 0.5) is 17.1 Å². The number of carbonyl (C=O) groups excluding carboxylic acids is 1. The molecule has 35 heavy (non-hydrogen) atoms. The van der Waals surface area contributed by atoms with Crippen molar-refractivity contribution in [2.75, 3.05) is 22.9 Å². The van der Waals surface area contributed by atoms with Gasteiger partial charge in [0.1, 0.15) is 0 Å². The van der Waals surface area contributed by atoms with E-state index in [0.717, 1.165) is 46.8 Å². The van der Waals surface area contributed by atoms with Crippen LogP contribution in [0.2, 0.25) is 0 Å². The molecule has 5 nitrogen and oxygen atoms in total. The lowest BCUT2D eigenvalue weighted by molar-refractivity contribution is 0.0131. The van der Waals surface area contributed by atoms with Crippen LogP contribution in [0.15, 0.2) is 97.3 Å². The third kappa shape index (κ3) is 3.73. The Morgan fingerprint density at radius 1 is 0.800 bits per heavy atom. The zero-order chi connectivity index (χ0) is 24.4. The van der Waals surface area contributed by atoms with E-state index in [1.54, 1.807) is 18.5 Å². The van der Waals surface area contributed by atoms with Crippen molar-refractivity contribution in [3.8, 4) is 0 Å². The largest absolute Gasteiger partial charge is 0.426 e. The molecule has 4 aromatic rings. The fourth-order valence-corrected chi connectivity index (χ4v) is 5.05. The summed E-state index contributed by atoms with van der Waals surface area (Å²) in [5.74, 6) is -0.355. The fourth-order valence-electron chi connectivity index (χ4n) is 5.05. The SMILES string of the molecule is CCN(CC)c1ccc(C2(N(c3ccccc3)c3ccccc3)OC(=O)c3ccncc32)c(C)c1. The summed E-state index contributed by atoms with van der Waals surface area (Å²) in [7, 11) is 0. The van der Waals surface area contributed by atoms with Crippen molar-refractivity contribution in [3.63, 3.8) is 0 Å². The van der Waals surface area contributed by atoms with E-state index in [-0.39, 0.29) is 5.97 Å². The van der Waals surface area contributed by atoms with Gasteiger partial charge in [-0.2, -0.15) is 0 Å². The molecule has 5 heteroatoms. The highest BCUT2D eigenvalue weighted by molar-refractivity contribution is 5.96. The maximum Gasteiger partial charge on any atom is 0.341 e. The normalized spacial score (nSPS) is 16.5. The van der Waals surface area contributed by atoms with E-state index in [2.05, 4.69) is 53.8 Å². The van der Waals surface area contributed by atoms with Crippen molar-refractivity contribution < 1.29 is 9.53 Å². The molecule has 0 amide bonds. The number of aryl methyl sites for hydroxylation is 1. The predicted molar refractivity (Wildman–Crippen MR) is 140 cm³/mol. The van der Waals surface area contributed by atoms with E-state index in [1.165, 1.54) is 0 Å². The molecular weight excluding hydrogens is 434 g/mol. The van der Waals surface area contributed by atoms with Gasteiger partial charge in [0.15, 0.2) is 0 Å². The summed E-state index contributed by atoms with van der Waals surface area (Å²) in [4.78, 5) is 22.2. The Labute approximate surface area is 206 Å². The molecular formula is C30H29N3O2. The number of carbonyl (C=O) groups is 1. The minimum atomic E-state index is -1.21. The molecule has 3 aromatic carbocycles. The molecule has 1 aliphatic rings. The Kier molecular flexibility index (Phi) is 6.00. The average molecular weight is 464 g/mol. The van der Waals surface area contributed by atoms with Crippen LogP contribution in [0.25, 0.3) is 0 Å². The number of ether oxygens (including phenoxy) is 1. The number of hydrogen-bond acceptors (Lipinski definition) is 5. The van der Waals surface area contributed by atoms with Gasteiger partial charge < -0.3 is 9.64 Å². The minimum absolute atomic E-state index is 0.355. The average Bonchev–Trinajstić information content (AvgIpc) is 3.19. The summed E-state index contributed by atoms with van der Waals surface area (Å²) in [6.07, 6.45) is 3.40. The van der Waals surface area contributed by atoms with Gasteiger partial charge in [-0.3, -0.25) is 9.88 Å². The van der Waals surface area contributed by atoms with E-state index in [9.17, 15) is 4.79 Å². The van der Waals surface area contributed by atoms with Crippen molar-refractivity contribution in [3.05, 3.63) is 120 Å². The Morgan fingerprint density at radius 3 is 2.00 bits per heavy atom. The number of nitrogens with zero attached hydrogens (tertiary/aromatic N) is 3. The molecule has 0 N–H and O–H groups in total. The van der Waals surface area contributed by atoms with Crippen LogP contribution in [0.1, 0.15) is 40.9 Å². The lowest BCUT2D eigenvalue weighted by Gasteiger charge is -2.42. The van der Waals surface area contributed by atoms with Crippen LogP contribution < -0.4 is 9.80 Å². The second kappa shape index (κ2) is 9.26. The summed E-state index contributed by atoms with van der Waals surface area (Å²) >= 11 is 0. The molecule has 0 spiro atoms. The first kappa shape index (κ1) is 22.7. The number of anilines is 3. The number of fused-ring (bicyclic) bond motifs is 1. The number of benzene rings is 3. The first-order valence-electron chi connectivity index (χ1n) is 12.0. The molecule has 1 aromatic heterocycles. The third-order valence-corrected chi connectivity index (χ3v) is 6.69. The Bertz CT molecular complexity index is 1300. The van der Waals surface area contributed by atoms with Gasteiger partial charge in [-0.25, -0.2) is 4.79 Å². The van der Waals surface area contributed by atoms with Crippen LogP contribution in [-0.4, -0.2) is 24.0 Å². The van der Waals surface area contributed by atoms with Gasteiger partial charge in [-0.05, 0) is 68.8 Å². The molecule has 2 heterocycles. The first-order valence-corrected chi connectivity index (χ1v) is 12.0. The maximum atomic E-state index is 13.3. The molecule has 1 aliphatic heterocycles.